The molecule has 0 radical (unpaired) electrons. The number of rotatable bonds is 5. The molecule has 1 heterocycles. The lowest BCUT2D eigenvalue weighted by atomic mass is 9.92. The second-order valence-electron chi connectivity index (χ2n) is 7.41. The minimum absolute atomic E-state index is 0.0162. The molecule has 4 rings (SSSR count). The van der Waals surface area contributed by atoms with Gasteiger partial charge in [-0.15, -0.1) is 5.10 Å². The smallest absolute Gasteiger partial charge is 0.360 e. The Morgan fingerprint density at radius 1 is 1.25 bits per heavy atom. The first-order chi connectivity index (χ1) is 13.6. The first-order valence-corrected chi connectivity index (χ1v) is 9.53. The molecule has 8 heteroatoms. The van der Waals surface area contributed by atoms with E-state index < -0.39 is 5.97 Å². The fourth-order valence-electron chi connectivity index (χ4n) is 3.95. The number of carbonyl (C=O) groups is 2. The maximum atomic E-state index is 13.4. The van der Waals surface area contributed by atoms with Crippen LogP contribution in [0, 0.1) is 11.7 Å². The van der Waals surface area contributed by atoms with E-state index in [4.69, 9.17) is 4.74 Å². The molecule has 0 saturated heterocycles. The normalized spacial score (nSPS) is 26.5. The van der Waals surface area contributed by atoms with E-state index in [0.29, 0.717) is 6.42 Å². The fourth-order valence-corrected chi connectivity index (χ4v) is 3.95. The molecular formula is C20H22FN3O4. The van der Waals surface area contributed by atoms with Crippen molar-refractivity contribution >= 4 is 11.9 Å². The molecule has 4 unspecified atom stereocenters. The third-order valence-corrected chi connectivity index (χ3v) is 5.55. The Morgan fingerprint density at radius 2 is 2.07 bits per heavy atom. The molecule has 2 aromatic rings. The first-order valence-electron chi connectivity index (χ1n) is 9.53. The van der Waals surface area contributed by atoms with Crippen LogP contribution in [-0.2, 0) is 14.3 Å². The summed E-state index contributed by atoms with van der Waals surface area (Å²) >= 11 is 0. The lowest BCUT2D eigenvalue weighted by molar-refractivity contribution is -0.155. The van der Waals surface area contributed by atoms with E-state index in [1.165, 1.54) is 25.4 Å². The van der Waals surface area contributed by atoms with Crippen LogP contribution in [0.15, 0.2) is 30.5 Å². The average molecular weight is 387 g/mol. The summed E-state index contributed by atoms with van der Waals surface area (Å²) in [6, 6.07) is 6.22. The molecule has 148 valence electrons. The zero-order chi connectivity index (χ0) is 19.7. The van der Waals surface area contributed by atoms with E-state index in [0.717, 1.165) is 31.2 Å². The Bertz CT molecular complexity index is 884. The molecule has 2 saturated carbocycles. The highest BCUT2D eigenvalue weighted by molar-refractivity contribution is 5.86. The van der Waals surface area contributed by atoms with Gasteiger partial charge in [-0.1, -0.05) is 23.8 Å². The minimum atomic E-state index is -0.550. The Hall–Kier alpha value is -2.77. The second-order valence-corrected chi connectivity index (χ2v) is 7.41. The molecule has 4 atom stereocenters. The van der Waals surface area contributed by atoms with Crippen molar-refractivity contribution in [3.8, 4) is 0 Å². The quantitative estimate of drug-likeness (QED) is 0.734. The van der Waals surface area contributed by atoms with Gasteiger partial charge in [0.25, 0.3) is 0 Å². The van der Waals surface area contributed by atoms with Crippen LogP contribution in [-0.4, -0.2) is 40.1 Å². The summed E-state index contributed by atoms with van der Waals surface area (Å²) in [5, 5.41) is 7.88. The standard InChI is InChI=1S/C20H22FN3O4/c1-27-20(26)16-11-24(23-22-16)17-7-2-3-8-18(17)28-19(25)15-10-14(15)12-5-4-6-13(21)9-12/h4-6,9,11,14-15,17-18H,2-3,7-8,10H2,1H3. The number of aromatic nitrogens is 3. The molecule has 0 N–H and O–H groups in total. The summed E-state index contributed by atoms with van der Waals surface area (Å²) in [5.74, 6) is -1.31. The van der Waals surface area contributed by atoms with Crippen LogP contribution in [0.5, 0.6) is 0 Å². The predicted molar refractivity (Wildman–Crippen MR) is 96.0 cm³/mol. The summed E-state index contributed by atoms with van der Waals surface area (Å²) in [6.45, 7) is 0. The molecule has 2 aliphatic rings. The zero-order valence-corrected chi connectivity index (χ0v) is 15.6. The van der Waals surface area contributed by atoms with Crippen molar-refractivity contribution in [1.29, 1.82) is 0 Å². The summed E-state index contributed by atoms with van der Waals surface area (Å²) in [5.41, 5.74) is 0.965. The van der Waals surface area contributed by atoms with Gasteiger partial charge in [0, 0.05) is 0 Å². The maximum absolute atomic E-state index is 13.4. The highest BCUT2D eigenvalue weighted by atomic mass is 19.1. The van der Waals surface area contributed by atoms with Crippen LogP contribution in [0.1, 0.15) is 60.1 Å². The number of hydrogen-bond donors (Lipinski definition) is 0. The molecule has 0 aliphatic heterocycles. The number of nitrogens with zero attached hydrogens (tertiary/aromatic N) is 3. The minimum Gasteiger partial charge on any atom is -0.464 e. The number of carbonyl (C=O) groups excluding carboxylic acids is 2. The predicted octanol–water partition coefficient (Wildman–Crippen LogP) is 3.03. The largest absolute Gasteiger partial charge is 0.464 e. The molecule has 2 fully saturated rings. The number of ether oxygens (including phenoxy) is 2. The zero-order valence-electron chi connectivity index (χ0n) is 15.6. The van der Waals surface area contributed by atoms with Gasteiger partial charge in [-0.25, -0.2) is 13.9 Å². The molecule has 0 spiro atoms. The first kappa shape index (κ1) is 18.6. The van der Waals surface area contributed by atoms with Gasteiger partial charge in [0.2, 0.25) is 0 Å². The van der Waals surface area contributed by atoms with Gasteiger partial charge in [0.1, 0.15) is 11.9 Å². The SMILES string of the molecule is COC(=O)c1cn(C2CCCCC2OC(=O)C2CC2c2cccc(F)c2)nn1. The van der Waals surface area contributed by atoms with Gasteiger partial charge in [0.15, 0.2) is 5.69 Å². The van der Waals surface area contributed by atoms with Gasteiger partial charge in [-0.05, 0) is 49.3 Å². The number of benzene rings is 1. The van der Waals surface area contributed by atoms with Gasteiger partial charge >= 0.3 is 11.9 Å². The lowest BCUT2D eigenvalue weighted by Crippen LogP contribution is -2.33. The summed E-state index contributed by atoms with van der Waals surface area (Å²) in [7, 11) is 1.29. The summed E-state index contributed by atoms with van der Waals surface area (Å²) in [6.07, 6.45) is 5.38. The van der Waals surface area contributed by atoms with Crippen LogP contribution in [0.3, 0.4) is 0 Å². The van der Waals surface area contributed by atoms with Gasteiger partial charge < -0.3 is 9.47 Å². The van der Waals surface area contributed by atoms with E-state index in [-0.39, 0.29) is 41.5 Å². The molecule has 1 aromatic heterocycles. The molecule has 28 heavy (non-hydrogen) atoms. The van der Waals surface area contributed by atoms with Crippen LogP contribution in [0.2, 0.25) is 0 Å². The van der Waals surface area contributed by atoms with Crippen LogP contribution < -0.4 is 0 Å². The number of halogens is 1. The maximum Gasteiger partial charge on any atom is 0.360 e. The van der Waals surface area contributed by atoms with Crippen LogP contribution >= 0.6 is 0 Å². The Balaban J connectivity index is 1.42. The van der Waals surface area contributed by atoms with Crippen molar-refractivity contribution in [2.75, 3.05) is 7.11 Å². The van der Waals surface area contributed by atoms with E-state index in [1.54, 1.807) is 10.7 Å². The highest BCUT2D eigenvalue weighted by Gasteiger charge is 2.46. The van der Waals surface area contributed by atoms with Gasteiger partial charge in [-0.2, -0.15) is 0 Å². The third kappa shape index (κ3) is 3.76. The average Bonchev–Trinajstić information content (AvgIpc) is 3.37. The van der Waals surface area contributed by atoms with Crippen molar-refractivity contribution in [2.24, 2.45) is 5.92 Å². The molecule has 0 amide bonds. The number of hydrogen-bond acceptors (Lipinski definition) is 6. The van der Waals surface area contributed by atoms with E-state index in [2.05, 4.69) is 15.0 Å². The number of methoxy groups -OCH3 is 1. The third-order valence-electron chi connectivity index (χ3n) is 5.55. The van der Waals surface area contributed by atoms with Crippen LogP contribution in [0.25, 0.3) is 0 Å². The van der Waals surface area contributed by atoms with Crippen molar-refractivity contribution in [2.45, 2.75) is 50.2 Å². The van der Waals surface area contributed by atoms with Crippen molar-refractivity contribution in [3.05, 3.63) is 47.5 Å². The van der Waals surface area contributed by atoms with Gasteiger partial charge in [0.05, 0.1) is 25.3 Å². The van der Waals surface area contributed by atoms with E-state index >= 15 is 0 Å². The Morgan fingerprint density at radius 3 is 2.86 bits per heavy atom. The van der Waals surface area contributed by atoms with E-state index in [9.17, 15) is 14.0 Å². The molecule has 1 aromatic carbocycles. The number of esters is 2. The van der Waals surface area contributed by atoms with E-state index in [1.807, 2.05) is 6.07 Å². The monoisotopic (exact) mass is 387 g/mol. The lowest BCUT2D eigenvalue weighted by Gasteiger charge is -2.31. The van der Waals surface area contributed by atoms with Crippen molar-refractivity contribution in [1.82, 2.24) is 15.0 Å². The highest BCUT2D eigenvalue weighted by Crippen LogP contribution is 2.49. The summed E-state index contributed by atoms with van der Waals surface area (Å²) < 4.78 is 25.5. The van der Waals surface area contributed by atoms with Crippen molar-refractivity contribution < 1.29 is 23.5 Å². The van der Waals surface area contributed by atoms with Crippen molar-refractivity contribution in [3.63, 3.8) is 0 Å². The Labute approximate surface area is 161 Å². The topological polar surface area (TPSA) is 83.3 Å². The van der Waals surface area contributed by atoms with Crippen LogP contribution in [0.4, 0.5) is 4.39 Å². The van der Waals surface area contributed by atoms with Gasteiger partial charge in [-0.3, -0.25) is 4.79 Å². The second kappa shape index (κ2) is 7.69. The summed E-state index contributed by atoms with van der Waals surface area (Å²) in [4.78, 5) is 24.3. The molecule has 7 nitrogen and oxygen atoms in total. The molecule has 2 aliphatic carbocycles. The molecule has 0 bridgehead atoms. The fraction of sp³-hybridized carbons (Fsp3) is 0.500. The Kier molecular flexibility index (Phi) is 5.11. The molecular weight excluding hydrogens is 365 g/mol.